The van der Waals surface area contributed by atoms with Crippen molar-refractivity contribution >= 4 is 27.5 Å². The van der Waals surface area contributed by atoms with Crippen molar-refractivity contribution in [3.05, 3.63) is 54.1 Å². The Morgan fingerprint density at radius 3 is 2.25 bits per heavy atom. The van der Waals surface area contributed by atoms with Gasteiger partial charge in [0, 0.05) is 18.7 Å². The molecule has 2 aromatic carbocycles. The summed E-state index contributed by atoms with van der Waals surface area (Å²) < 4.78 is 37.2. The summed E-state index contributed by atoms with van der Waals surface area (Å²) in [4.78, 5) is 28.0. The van der Waals surface area contributed by atoms with E-state index in [9.17, 15) is 18.0 Å². The lowest BCUT2D eigenvalue weighted by Crippen LogP contribution is -2.53. The molecule has 0 unspecified atom stereocenters. The van der Waals surface area contributed by atoms with Crippen LogP contribution in [0.4, 0.5) is 5.69 Å². The zero-order valence-corrected chi connectivity index (χ0v) is 22.7. The fraction of sp³-hybridized carbons (Fsp3) is 0.462. The van der Waals surface area contributed by atoms with E-state index < -0.39 is 28.5 Å². The van der Waals surface area contributed by atoms with Crippen LogP contribution in [0.1, 0.15) is 32.8 Å². The van der Waals surface area contributed by atoms with Gasteiger partial charge in [-0.05, 0) is 44.4 Å². The minimum absolute atomic E-state index is 0.0559. The number of carbonyl (C=O) groups is 2. The molecule has 10 heteroatoms. The summed E-state index contributed by atoms with van der Waals surface area (Å²) in [5, 5.41) is 2.91. The van der Waals surface area contributed by atoms with Crippen molar-refractivity contribution in [1.82, 2.24) is 10.2 Å². The van der Waals surface area contributed by atoms with E-state index in [1.165, 1.54) is 25.2 Å². The van der Waals surface area contributed by atoms with Crippen LogP contribution < -0.4 is 19.1 Å². The number of hydrogen-bond acceptors (Lipinski definition) is 6. The number of hydrogen-bond donors (Lipinski definition) is 1. The van der Waals surface area contributed by atoms with E-state index >= 15 is 0 Å². The van der Waals surface area contributed by atoms with Gasteiger partial charge in [0.2, 0.25) is 21.8 Å². The van der Waals surface area contributed by atoms with Crippen LogP contribution in [0.15, 0.2) is 48.5 Å². The lowest BCUT2D eigenvalue weighted by molar-refractivity contribution is -0.139. The topological polar surface area (TPSA) is 105 Å². The second kappa shape index (κ2) is 13.2. The SMILES string of the molecule is CC[C@@H](C)NC(=O)[C@@H](C)N(CCc1ccccc1)C(=O)CN(c1cc(OC)ccc1OC)S(C)(=O)=O. The average Bonchev–Trinajstić information content (AvgIpc) is 2.86. The van der Waals surface area contributed by atoms with Gasteiger partial charge >= 0.3 is 0 Å². The summed E-state index contributed by atoms with van der Waals surface area (Å²) in [5.41, 5.74) is 1.17. The van der Waals surface area contributed by atoms with Crippen LogP contribution in [0, 0.1) is 0 Å². The summed E-state index contributed by atoms with van der Waals surface area (Å²) >= 11 is 0. The molecule has 2 aromatic rings. The van der Waals surface area contributed by atoms with Gasteiger partial charge in [-0.3, -0.25) is 13.9 Å². The zero-order chi connectivity index (χ0) is 26.9. The minimum atomic E-state index is -3.89. The molecule has 0 aliphatic heterocycles. The van der Waals surface area contributed by atoms with E-state index in [-0.39, 0.29) is 29.9 Å². The Kier molecular flexibility index (Phi) is 10.6. The largest absolute Gasteiger partial charge is 0.497 e. The molecule has 2 atom stereocenters. The van der Waals surface area contributed by atoms with Crippen LogP contribution in [0.5, 0.6) is 11.5 Å². The molecule has 0 aromatic heterocycles. The number of methoxy groups -OCH3 is 2. The first-order valence-corrected chi connectivity index (χ1v) is 13.7. The van der Waals surface area contributed by atoms with E-state index in [0.717, 1.165) is 22.5 Å². The van der Waals surface area contributed by atoms with Gasteiger partial charge in [0.05, 0.1) is 26.2 Å². The summed E-state index contributed by atoms with van der Waals surface area (Å²) in [5.74, 6) is -0.120. The molecule has 36 heavy (non-hydrogen) atoms. The Morgan fingerprint density at radius 1 is 1.03 bits per heavy atom. The molecule has 9 nitrogen and oxygen atoms in total. The first-order valence-electron chi connectivity index (χ1n) is 11.8. The fourth-order valence-corrected chi connectivity index (χ4v) is 4.47. The third kappa shape index (κ3) is 7.87. The van der Waals surface area contributed by atoms with Crippen molar-refractivity contribution in [2.24, 2.45) is 0 Å². The highest BCUT2D eigenvalue weighted by atomic mass is 32.2. The Morgan fingerprint density at radius 2 is 1.69 bits per heavy atom. The van der Waals surface area contributed by atoms with Gasteiger partial charge in [-0.2, -0.15) is 0 Å². The van der Waals surface area contributed by atoms with Crippen LogP contribution >= 0.6 is 0 Å². The molecule has 0 radical (unpaired) electrons. The molecule has 2 amide bonds. The quantitative estimate of drug-likeness (QED) is 0.436. The summed E-state index contributed by atoms with van der Waals surface area (Å²) in [6.45, 7) is 5.24. The molecule has 0 saturated heterocycles. The van der Waals surface area contributed by atoms with E-state index in [0.29, 0.717) is 12.2 Å². The number of ether oxygens (including phenoxy) is 2. The summed E-state index contributed by atoms with van der Waals surface area (Å²) in [6, 6.07) is 13.4. The zero-order valence-electron chi connectivity index (χ0n) is 21.9. The highest BCUT2D eigenvalue weighted by Crippen LogP contribution is 2.33. The third-order valence-electron chi connectivity index (χ3n) is 5.99. The van der Waals surface area contributed by atoms with E-state index in [2.05, 4.69) is 5.32 Å². The molecule has 0 spiro atoms. The molecule has 2 rings (SSSR count). The van der Waals surface area contributed by atoms with Gasteiger partial charge in [-0.1, -0.05) is 37.3 Å². The van der Waals surface area contributed by atoms with Gasteiger partial charge < -0.3 is 19.7 Å². The van der Waals surface area contributed by atoms with Gasteiger partial charge in [-0.15, -0.1) is 0 Å². The van der Waals surface area contributed by atoms with Crippen LogP contribution in [0.25, 0.3) is 0 Å². The number of carbonyl (C=O) groups excluding carboxylic acids is 2. The van der Waals surface area contributed by atoms with Gasteiger partial charge in [-0.25, -0.2) is 8.42 Å². The normalized spacial score (nSPS) is 12.8. The Bertz CT molecular complexity index is 1120. The number of rotatable bonds is 13. The monoisotopic (exact) mass is 519 g/mol. The van der Waals surface area contributed by atoms with Gasteiger partial charge in [0.15, 0.2) is 0 Å². The lowest BCUT2D eigenvalue weighted by Gasteiger charge is -2.32. The number of sulfonamides is 1. The molecule has 0 aliphatic rings. The highest BCUT2D eigenvalue weighted by molar-refractivity contribution is 7.92. The number of benzene rings is 2. The Labute approximate surface area is 214 Å². The molecule has 0 aliphatic carbocycles. The van der Waals surface area contributed by atoms with Crippen LogP contribution in [-0.4, -0.2) is 70.8 Å². The van der Waals surface area contributed by atoms with Crippen molar-refractivity contribution in [2.75, 3.05) is 37.9 Å². The van der Waals surface area contributed by atoms with Gasteiger partial charge in [0.1, 0.15) is 24.1 Å². The van der Waals surface area contributed by atoms with Crippen molar-refractivity contribution in [2.45, 2.75) is 45.7 Å². The molecule has 0 saturated carbocycles. The molecule has 0 heterocycles. The molecule has 1 N–H and O–H groups in total. The Hall–Kier alpha value is -3.27. The second-order valence-corrected chi connectivity index (χ2v) is 10.5. The molecule has 198 valence electrons. The average molecular weight is 520 g/mol. The van der Waals surface area contributed by atoms with E-state index in [1.54, 1.807) is 19.1 Å². The number of nitrogens with one attached hydrogen (secondary N) is 1. The van der Waals surface area contributed by atoms with Crippen molar-refractivity contribution in [1.29, 1.82) is 0 Å². The summed E-state index contributed by atoms with van der Waals surface area (Å²) in [6.07, 6.45) is 2.27. The fourth-order valence-electron chi connectivity index (χ4n) is 3.62. The number of amides is 2. The molecular weight excluding hydrogens is 482 g/mol. The third-order valence-corrected chi connectivity index (χ3v) is 7.11. The maximum atomic E-state index is 13.6. The summed E-state index contributed by atoms with van der Waals surface area (Å²) in [7, 11) is -1.01. The maximum absolute atomic E-state index is 13.6. The molecular formula is C26H37N3O6S. The van der Waals surface area contributed by atoms with Crippen LogP contribution in [0.2, 0.25) is 0 Å². The molecule has 0 fully saturated rings. The standard InChI is InChI=1S/C26H37N3O6S/c1-7-19(2)27-26(31)20(3)28(16-15-21-11-9-8-10-12-21)25(30)18-29(36(6,32)33)23-17-22(34-4)13-14-24(23)35-5/h8-14,17,19-20H,7,15-16,18H2,1-6H3,(H,27,31)/t19-,20-/m1/s1. The van der Waals surface area contributed by atoms with Crippen molar-refractivity contribution < 1.29 is 27.5 Å². The van der Waals surface area contributed by atoms with Crippen molar-refractivity contribution in [3.63, 3.8) is 0 Å². The first kappa shape index (κ1) is 29.0. The first-order chi connectivity index (χ1) is 17.0. The van der Waals surface area contributed by atoms with E-state index in [4.69, 9.17) is 9.47 Å². The van der Waals surface area contributed by atoms with Crippen molar-refractivity contribution in [3.8, 4) is 11.5 Å². The van der Waals surface area contributed by atoms with Gasteiger partial charge in [0.25, 0.3) is 0 Å². The number of nitrogens with zero attached hydrogens (tertiary/aromatic N) is 2. The lowest BCUT2D eigenvalue weighted by atomic mass is 10.1. The number of anilines is 1. The molecule has 0 bridgehead atoms. The highest BCUT2D eigenvalue weighted by Gasteiger charge is 2.31. The van der Waals surface area contributed by atoms with Crippen LogP contribution in [0.3, 0.4) is 0 Å². The Balaban J connectivity index is 2.40. The second-order valence-electron chi connectivity index (χ2n) is 8.62. The predicted octanol–water partition coefficient (Wildman–Crippen LogP) is 2.84. The maximum Gasteiger partial charge on any atom is 0.244 e. The van der Waals surface area contributed by atoms with Crippen LogP contribution in [-0.2, 0) is 26.0 Å². The smallest absolute Gasteiger partial charge is 0.244 e. The predicted molar refractivity (Wildman–Crippen MR) is 141 cm³/mol. The minimum Gasteiger partial charge on any atom is -0.497 e. The van der Waals surface area contributed by atoms with E-state index in [1.807, 2.05) is 44.2 Å².